The molecule has 0 aliphatic rings. The Bertz CT molecular complexity index is 1480. The lowest BCUT2D eigenvalue weighted by Crippen LogP contribution is -2.30. The smallest absolute Gasteiger partial charge is 0.260 e. The van der Waals surface area contributed by atoms with Crippen LogP contribution in [0.25, 0.3) is 10.2 Å². The van der Waals surface area contributed by atoms with Crippen molar-refractivity contribution in [2.45, 2.75) is 6.54 Å². The van der Waals surface area contributed by atoms with E-state index in [1.54, 1.807) is 48.4 Å². The molecule has 1 heterocycles. The van der Waals surface area contributed by atoms with Gasteiger partial charge in [-0.3, -0.25) is 14.5 Å². The Morgan fingerprint density at radius 1 is 0.800 bits per heavy atom. The molecule has 6 heteroatoms. The van der Waals surface area contributed by atoms with Gasteiger partial charge < -0.3 is 4.74 Å². The second kappa shape index (κ2) is 9.91. The van der Waals surface area contributed by atoms with Crippen molar-refractivity contribution in [3.63, 3.8) is 0 Å². The zero-order valence-electron chi connectivity index (χ0n) is 19.0. The first-order valence-corrected chi connectivity index (χ1v) is 11.9. The van der Waals surface area contributed by atoms with Crippen molar-refractivity contribution < 1.29 is 14.3 Å². The number of carbonyl (C=O) groups excluding carboxylic acids is 2. The van der Waals surface area contributed by atoms with Gasteiger partial charge in [-0.05, 0) is 35.9 Å². The van der Waals surface area contributed by atoms with Crippen LogP contribution in [0.3, 0.4) is 0 Å². The van der Waals surface area contributed by atoms with Gasteiger partial charge in [-0.1, -0.05) is 84.1 Å². The van der Waals surface area contributed by atoms with E-state index in [-0.39, 0.29) is 11.7 Å². The Kier molecular flexibility index (Phi) is 6.37. The topological polar surface area (TPSA) is 59.5 Å². The zero-order chi connectivity index (χ0) is 24.2. The third-order valence-electron chi connectivity index (χ3n) is 5.67. The minimum absolute atomic E-state index is 0.0779. The molecule has 5 aromatic rings. The second-order valence-corrected chi connectivity index (χ2v) is 8.99. The SMILES string of the molecule is COc1ccc2nc(N(Cc3ccccc3)C(=O)c3ccc(C(=O)c4ccccc4)cc3)sc2c1. The maximum absolute atomic E-state index is 13.7. The Balaban J connectivity index is 1.48. The van der Waals surface area contributed by atoms with Gasteiger partial charge in [0, 0.05) is 16.7 Å². The van der Waals surface area contributed by atoms with E-state index in [0.29, 0.717) is 28.4 Å². The van der Waals surface area contributed by atoms with Crippen LogP contribution >= 0.6 is 11.3 Å². The van der Waals surface area contributed by atoms with E-state index >= 15 is 0 Å². The first-order valence-electron chi connectivity index (χ1n) is 11.1. The molecule has 1 aromatic heterocycles. The van der Waals surface area contributed by atoms with Gasteiger partial charge >= 0.3 is 0 Å². The number of amides is 1. The number of rotatable bonds is 7. The number of hydrogen-bond acceptors (Lipinski definition) is 5. The molecule has 0 atom stereocenters. The van der Waals surface area contributed by atoms with Gasteiger partial charge in [0.1, 0.15) is 5.75 Å². The lowest BCUT2D eigenvalue weighted by atomic mass is 10.0. The van der Waals surface area contributed by atoms with Gasteiger partial charge in [-0.15, -0.1) is 0 Å². The van der Waals surface area contributed by atoms with E-state index in [9.17, 15) is 9.59 Å². The quantitative estimate of drug-likeness (QED) is 0.255. The molecule has 35 heavy (non-hydrogen) atoms. The van der Waals surface area contributed by atoms with Crippen molar-refractivity contribution in [2.75, 3.05) is 12.0 Å². The predicted molar refractivity (Wildman–Crippen MR) is 139 cm³/mol. The van der Waals surface area contributed by atoms with Gasteiger partial charge in [0.2, 0.25) is 0 Å². The molecule has 4 aromatic carbocycles. The third-order valence-corrected chi connectivity index (χ3v) is 6.72. The average Bonchev–Trinajstić information content (AvgIpc) is 3.35. The number of benzene rings is 4. The van der Waals surface area contributed by atoms with Crippen molar-refractivity contribution in [1.82, 2.24) is 4.98 Å². The van der Waals surface area contributed by atoms with Crippen molar-refractivity contribution >= 4 is 38.4 Å². The minimum atomic E-state index is -0.182. The van der Waals surface area contributed by atoms with E-state index in [2.05, 4.69) is 0 Å². The molecule has 0 aliphatic heterocycles. The van der Waals surface area contributed by atoms with Crippen LogP contribution in [0, 0.1) is 0 Å². The first kappa shape index (κ1) is 22.5. The second-order valence-electron chi connectivity index (χ2n) is 7.98. The highest BCUT2D eigenvalue weighted by Gasteiger charge is 2.22. The standard InChI is InChI=1S/C29H22N2O3S/c1-34-24-16-17-25-26(18-24)35-29(30-25)31(19-20-8-4-2-5-9-20)28(33)23-14-12-22(13-15-23)27(32)21-10-6-3-7-11-21/h2-18H,19H2,1H3. The van der Waals surface area contributed by atoms with Gasteiger partial charge in [-0.2, -0.15) is 0 Å². The number of methoxy groups -OCH3 is 1. The van der Waals surface area contributed by atoms with Crippen molar-refractivity contribution in [3.05, 3.63) is 125 Å². The molecule has 0 bridgehead atoms. The summed E-state index contributed by atoms with van der Waals surface area (Å²) in [5.41, 5.74) is 3.44. The van der Waals surface area contributed by atoms with E-state index in [4.69, 9.17) is 9.72 Å². The number of carbonyl (C=O) groups is 2. The molecule has 0 radical (unpaired) electrons. The fourth-order valence-electron chi connectivity index (χ4n) is 3.80. The van der Waals surface area contributed by atoms with Crippen LogP contribution in [0.15, 0.2) is 103 Å². The number of nitrogens with zero attached hydrogens (tertiary/aromatic N) is 2. The maximum atomic E-state index is 13.7. The molecule has 0 unspecified atom stereocenters. The van der Waals surface area contributed by atoms with Crippen LogP contribution in [0.2, 0.25) is 0 Å². The number of anilines is 1. The van der Waals surface area contributed by atoms with Crippen LogP contribution < -0.4 is 9.64 Å². The Morgan fingerprint density at radius 2 is 1.43 bits per heavy atom. The molecular formula is C29H22N2O3S. The summed E-state index contributed by atoms with van der Waals surface area (Å²) in [7, 11) is 1.63. The van der Waals surface area contributed by atoms with Crippen LogP contribution in [0.1, 0.15) is 31.8 Å². The normalized spacial score (nSPS) is 10.8. The molecule has 1 amide bonds. The number of fused-ring (bicyclic) bond motifs is 1. The Morgan fingerprint density at radius 3 is 2.11 bits per heavy atom. The van der Waals surface area contributed by atoms with Crippen LogP contribution in [0.4, 0.5) is 5.13 Å². The van der Waals surface area contributed by atoms with Gasteiger partial charge in [0.25, 0.3) is 5.91 Å². The summed E-state index contributed by atoms with van der Waals surface area (Å²) in [5.74, 6) is 0.483. The summed E-state index contributed by atoms with van der Waals surface area (Å²) >= 11 is 1.44. The van der Waals surface area contributed by atoms with Crippen LogP contribution in [-0.2, 0) is 6.54 Å². The molecular weight excluding hydrogens is 456 g/mol. The number of ketones is 1. The monoisotopic (exact) mass is 478 g/mol. The lowest BCUT2D eigenvalue weighted by Gasteiger charge is -2.20. The fourth-order valence-corrected chi connectivity index (χ4v) is 4.80. The highest BCUT2D eigenvalue weighted by molar-refractivity contribution is 7.22. The van der Waals surface area contributed by atoms with Gasteiger partial charge in [0.15, 0.2) is 10.9 Å². The molecule has 172 valence electrons. The van der Waals surface area contributed by atoms with E-state index in [1.807, 2.05) is 66.7 Å². The summed E-state index contributed by atoms with van der Waals surface area (Å²) in [4.78, 5) is 32.9. The predicted octanol–water partition coefficient (Wildman–Crippen LogP) is 6.38. The number of ether oxygens (including phenoxy) is 1. The van der Waals surface area contributed by atoms with Crippen LogP contribution in [-0.4, -0.2) is 23.8 Å². The summed E-state index contributed by atoms with van der Waals surface area (Å²) in [6, 6.07) is 31.4. The Hall–Kier alpha value is -4.29. The van der Waals surface area contributed by atoms with E-state index < -0.39 is 0 Å². The number of thiazole rings is 1. The summed E-state index contributed by atoms with van der Waals surface area (Å²) in [6.45, 7) is 0.376. The molecule has 0 N–H and O–H groups in total. The summed E-state index contributed by atoms with van der Waals surface area (Å²) in [6.07, 6.45) is 0. The largest absolute Gasteiger partial charge is 0.497 e. The van der Waals surface area contributed by atoms with Gasteiger partial charge in [-0.25, -0.2) is 4.98 Å². The maximum Gasteiger partial charge on any atom is 0.260 e. The number of hydrogen-bond donors (Lipinski definition) is 0. The third kappa shape index (κ3) is 4.83. The highest BCUT2D eigenvalue weighted by atomic mass is 32.1. The molecule has 5 nitrogen and oxygen atoms in total. The molecule has 0 spiro atoms. The molecule has 5 rings (SSSR count). The van der Waals surface area contributed by atoms with Crippen LogP contribution in [0.5, 0.6) is 5.75 Å². The summed E-state index contributed by atoms with van der Waals surface area (Å²) < 4.78 is 6.28. The lowest BCUT2D eigenvalue weighted by molar-refractivity contribution is 0.0982. The molecule has 0 saturated carbocycles. The molecule has 0 saturated heterocycles. The van der Waals surface area contributed by atoms with E-state index in [1.165, 1.54) is 11.3 Å². The summed E-state index contributed by atoms with van der Waals surface area (Å²) in [5, 5.41) is 0.603. The van der Waals surface area contributed by atoms with Crippen molar-refractivity contribution in [1.29, 1.82) is 0 Å². The van der Waals surface area contributed by atoms with E-state index in [0.717, 1.165) is 21.5 Å². The molecule has 0 aliphatic carbocycles. The fraction of sp³-hybridized carbons (Fsp3) is 0.0690. The number of aromatic nitrogens is 1. The van der Waals surface area contributed by atoms with Crippen molar-refractivity contribution in [2.24, 2.45) is 0 Å². The highest BCUT2D eigenvalue weighted by Crippen LogP contribution is 2.33. The minimum Gasteiger partial charge on any atom is -0.497 e. The van der Waals surface area contributed by atoms with Crippen molar-refractivity contribution in [3.8, 4) is 5.75 Å². The first-order chi connectivity index (χ1) is 17.1. The van der Waals surface area contributed by atoms with Gasteiger partial charge in [0.05, 0.1) is 23.9 Å². The Labute approximate surface area is 207 Å². The zero-order valence-corrected chi connectivity index (χ0v) is 19.9. The molecule has 0 fully saturated rings. The average molecular weight is 479 g/mol.